The van der Waals surface area contributed by atoms with Crippen molar-refractivity contribution in [2.45, 2.75) is 6.92 Å². The SMILES string of the molecule is CCS(=O)(=O)CCNC(=O)c1cc(-c2ccc(O)cc2)n[nH]1. The van der Waals surface area contributed by atoms with Crippen LogP contribution in [0.4, 0.5) is 0 Å². The first-order valence-electron chi connectivity index (χ1n) is 6.75. The third kappa shape index (κ3) is 4.08. The quantitative estimate of drug-likeness (QED) is 0.732. The topological polar surface area (TPSA) is 112 Å². The van der Waals surface area contributed by atoms with Crippen LogP contribution < -0.4 is 5.32 Å². The predicted molar refractivity (Wildman–Crippen MR) is 82.3 cm³/mol. The summed E-state index contributed by atoms with van der Waals surface area (Å²) in [7, 11) is -3.10. The summed E-state index contributed by atoms with van der Waals surface area (Å²) in [5, 5.41) is 18.4. The van der Waals surface area contributed by atoms with Gasteiger partial charge in [-0.15, -0.1) is 0 Å². The van der Waals surface area contributed by atoms with E-state index in [4.69, 9.17) is 0 Å². The summed E-state index contributed by atoms with van der Waals surface area (Å²) in [4.78, 5) is 11.9. The van der Waals surface area contributed by atoms with Crippen LogP contribution in [-0.2, 0) is 9.84 Å². The number of rotatable bonds is 6. The fourth-order valence-corrected chi connectivity index (χ4v) is 2.48. The summed E-state index contributed by atoms with van der Waals surface area (Å²) in [6.07, 6.45) is 0. The van der Waals surface area contributed by atoms with Gasteiger partial charge in [-0.25, -0.2) is 8.42 Å². The van der Waals surface area contributed by atoms with Crippen LogP contribution in [0.5, 0.6) is 5.75 Å². The van der Waals surface area contributed by atoms with Crippen molar-refractivity contribution in [3.63, 3.8) is 0 Å². The first kappa shape index (κ1) is 16.0. The van der Waals surface area contributed by atoms with Crippen molar-refractivity contribution in [2.24, 2.45) is 0 Å². The number of aromatic amines is 1. The molecule has 2 rings (SSSR count). The molecule has 1 heterocycles. The van der Waals surface area contributed by atoms with E-state index < -0.39 is 15.7 Å². The number of sulfone groups is 1. The van der Waals surface area contributed by atoms with E-state index in [9.17, 15) is 18.3 Å². The molecule has 0 aliphatic carbocycles. The van der Waals surface area contributed by atoms with Crippen LogP contribution in [0.2, 0.25) is 0 Å². The number of aromatic nitrogens is 2. The molecule has 0 aliphatic rings. The Balaban J connectivity index is 1.99. The van der Waals surface area contributed by atoms with E-state index in [1.54, 1.807) is 25.1 Å². The van der Waals surface area contributed by atoms with Crippen LogP contribution in [0, 0.1) is 0 Å². The van der Waals surface area contributed by atoms with Gasteiger partial charge in [0.25, 0.3) is 5.91 Å². The molecular formula is C14H17N3O4S. The molecule has 0 aliphatic heterocycles. The Morgan fingerprint density at radius 3 is 2.64 bits per heavy atom. The zero-order valence-corrected chi connectivity index (χ0v) is 12.9. The minimum Gasteiger partial charge on any atom is -0.508 e. The molecule has 8 heteroatoms. The molecule has 0 atom stereocenters. The number of hydrogen-bond donors (Lipinski definition) is 3. The van der Waals surface area contributed by atoms with Crippen molar-refractivity contribution in [3.8, 4) is 17.0 Å². The number of carbonyl (C=O) groups is 1. The highest BCUT2D eigenvalue weighted by atomic mass is 32.2. The molecule has 1 aromatic carbocycles. The van der Waals surface area contributed by atoms with Gasteiger partial charge >= 0.3 is 0 Å². The molecule has 0 fully saturated rings. The second kappa shape index (κ2) is 6.61. The van der Waals surface area contributed by atoms with Gasteiger partial charge in [-0.2, -0.15) is 5.10 Å². The Labute approximate surface area is 128 Å². The lowest BCUT2D eigenvalue weighted by molar-refractivity contribution is 0.0951. The third-order valence-electron chi connectivity index (χ3n) is 3.12. The van der Waals surface area contributed by atoms with Gasteiger partial charge in [0.1, 0.15) is 11.4 Å². The van der Waals surface area contributed by atoms with Crippen molar-refractivity contribution in [2.75, 3.05) is 18.1 Å². The lowest BCUT2D eigenvalue weighted by Crippen LogP contribution is -2.29. The number of hydrogen-bond acceptors (Lipinski definition) is 5. The fourth-order valence-electron chi connectivity index (χ4n) is 1.78. The van der Waals surface area contributed by atoms with Crippen molar-refractivity contribution in [1.29, 1.82) is 0 Å². The van der Waals surface area contributed by atoms with Gasteiger partial charge in [-0.3, -0.25) is 9.89 Å². The molecule has 118 valence electrons. The monoisotopic (exact) mass is 323 g/mol. The van der Waals surface area contributed by atoms with Gasteiger partial charge in [0.15, 0.2) is 9.84 Å². The molecule has 1 amide bonds. The van der Waals surface area contributed by atoms with Gasteiger partial charge in [0, 0.05) is 17.9 Å². The van der Waals surface area contributed by atoms with E-state index in [0.29, 0.717) is 5.69 Å². The summed E-state index contributed by atoms with van der Waals surface area (Å²) in [6, 6.07) is 7.98. The summed E-state index contributed by atoms with van der Waals surface area (Å²) in [6.45, 7) is 1.62. The summed E-state index contributed by atoms with van der Waals surface area (Å²) in [5.74, 6) is -0.301. The fraction of sp³-hybridized carbons (Fsp3) is 0.286. The van der Waals surface area contributed by atoms with E-state index in [0.717, 1.165) is 5.56 Å². The molecular weight excluding hydrogens is 306 g/mol. The lowest BCUT2D eigenvalue weighted by atomic mass is 10.1. The number of benzene rings is 1. The highest BCUT2D eigenvalue weighted by molar-refractivity contribution is 7.91. The smallest absolute Gasteiger partial charge is 0.269 e. The van der Waals surface area contributed by atoms with E-state index >= 15 is 0 Å². The molecule has 22 heavy (non-hydrogen) atoms. The van der Waals surface area contributed by atoms with Crippen molar-refractivity contribution < 1.29 is 18.3 Å². The van der Waals surface area contributed by atoms with Crippen LogP contribution in [-0.4, -0.2) is 47.7 Å². The summed E-state index contributed by atoms with van der Waals surface area (Å²) < 4.78 is 22.7. The zero-order valence-electron chi connectivity index (χ0n) is 12.0. The highest BCUT2D eigenvalue weighted by Crippen LogP contribution is 2.20. The van der Waals surface area contributed by atoms with Gasteiger partial charge < -0.3 is 10.4 Å². The number of phenols is 1. The number of nitrogens with zero attached hydrogens (tertiary/aromatic N) is 1. The Hall–Kier alpha value is -2.35. The number of aromatic hydroxyl groups is 1. The Morgan fingerprint density at radius 1 is 1.32 bits per heavy atom. The molecule has 0 bridgehead atoms. The van der Waals surface area contributed by atoms with E-state index in [1.165, 1.54) is 12.1 Å². The van der Waals surface area contributed by atoms with E-state index in [1.807, 2.05) is 0 Å². The molecule has 2 aromatic rings. The summed E-state index contributed by atoms with van der Waals surface area (Å²) >= 11 is 0. The van der Waals surface area contributed by atoms with Crippen LogP contribution >= 0.6 is 0 Å². The van der Waals surface area contributed by atoms with Crippen LogP contribution in [0.15, 0.2) is 30.3 Å². The summed E-state index contributed by atoms with van der Waals surface area (Å²) in [5.41, 5.74) is 1.56. The standard InChI is InChI=1S/C14H17N3O4S/c1-2-22(20,21)8-7-15-14(19)13-9-12(16-17-13)10-3-5-11(18)6-4-10/h3-6,9,18H,2,7-8H2,1H3,(H,15,19)(H,16,17). The Bertz CT molecular complexity index is 751. The second-order valence-corrected chi connectivity index (χ2v) is 7.18. The molecule has 0 unspecified atom stereocenters. The van der Waals surface area contributed by atoms with E-state index in [-0.39, 0.29) is 29.5 Å². The average molecular weight is 323 g/mol. The molecule has 0 radical (unpaired) electrons. The van der Waals surface area contributed by atoms with Crippen LogP contribution in [0.3, 0.4) is 0 Å². The van der Waals surface area contributed by atoms with Gasteiger partial charge in [-0.05, 0) is 30.3 Å². The van der Waals surface area contributed by atoms with Crippen LogP contribution in [0.25, 0.3) is 11.3 Å². The van der Waals surface area contributed by atoms with Gasteiger partial charge in [-0.1, -0.05) is 6.92 Å². The first-order valence-corrected chi connectivity index (χ1v) is 8.57. The number of nitrogens with one attached hydrogen (secondary N) is 2. The van der Waals surface area contributed by atoms with Crippen molar-refractivity contribution in [3.05, 3.63) is 36.0 Å². The molecule has 0 saturated heterocycles. The second-order valence-electron chi connectivity index (χ2n) is 4.71. The number of amides is 1. The minimum absolute atomic E-state index is 0.0535. The number of carbonyl (C=O) groups excluding carboxylic acids is 1. The molecule has 3 N–H and O–H groups in total. The Kier molecular flexibility index (Phi) is 4.81. The normalized spacial score (nSPS) is 11.3. The Morgan fingerprint density at radius 2 is 2.00 bits per heavy atom. The van der Waals surface area contributed by atoms with Crippen molar-refractivity contribution in [1.82, 2.24) is 15.5 Å². The zero-order chi connectivity index (χ0) is 16.2. The molecule has 7 nitrogen and oxygen atoms in total. The van der Waals surface area contributed by atoms with Gasteiger partial charge in [0.2, 0.25) is 0 Å². The van der Waals surface area contributed by atoms with E-state index in [2.05, 4.69) is 15.5 Å². The maximum absolute atomic E-state index is 11.9. The number of H-pyrrole nitrogens is 1. The average Bonchev–Trinajstić information content (AvgIpc) is 2.97. The maximum atomic E-state index is 11.9. The van der Waals surface area contributed by atoms with Crippen molar-refractivity contribution >= 4 is 15.7 Å². The maximum Gasteiger partial charge on any atom is 0.269 e. The minimum atomic E-state index is -3.10. The molecule has 0 saturated carbocycles. The lowest BCUT2D eigenvalue weighted by Gasteiger charge is -2.03. The number of phenolic OH excluding ortho intramolecular Hbond substituents is 1. The molecule has 0 spiro atoms. The third-order valence-corrected chi connectivity index (χ3v) is 4.83. The first-order chi connectivity index (χ1) is 10.4. The van der Waals surface area contributed by atoms with Crippen LogP contribution in [0.1, 0.15) is 17.4 Å². The predicted octanol–water partition coefficient (Wildman–Crippen LogP) is 0.947. The largest absolute Gasteiger partial charge is 0.508 e. The van der Waals surface area contributed by atoms with Gasteiger partial charge in [0.05, 0.1) is 11.4 Å². The highest BCUT2D eigenvalue weighted by Gasteiger charge is 2.12. The molecule has 1 aromatic heterocycles.